The fourth-order valence-electron chi connectivity index (χ4n) is 4.91. The molecule has 0 bridgehead atoms. The second kappa shape index (κ2) is 11.2. The number of carboxylic acid groups (broad SMARTS) is 1. The van der Waals surface area contributed by atoms with Gasteiger partial charge in [-0.3, -0.25) is 4.57 Å². The Bertz CT molecular complexity index is 966. The van der Waals surface area contributed by atoms with Gasteiger partial charge in [-0.25, -0.2) is 9.78 Å². The van der Waals surface area contributed by atoms with Crippen molar-refractivity contribution in [3.8, 4) is 0 Å². The Morgan fingerprint density at radius 2 is 1.97 bits per heavy atom. The van der Waals surface area contributed by atoms with E-state index >= 15 is 0 Å². The van der Waals surface area contributed by atoms with Crippen molar-refractivity contribution in [1.82, 2.24) is 9.97 Å². The van der Waals surface area contributed by atoms with Crippen LogP contribution in [0.15, 0.2) is 42.7 Å². The predicted octanol–water partition coefficient (Wildman–Crippen LogP) is 4.60. The van der Waals surface area contributed by atoms with Gasteiger partial charge in [-0.05, 0) is 44.6 Å². The van der Waals surface area contributed by atoms with Crippen molar-refractivity contribution in [2.24, 2.45) is 0 Å². The van der Waals surface area contributed by atoms with Gasteiger partial charge < -0.3 is 15.0 Å². The smallest absolute Gasteiger partial charge is 0.435 e. The van der Waals surface area contributed by atoms with Gasteiger partial charge in [0.1, 0.15) is 11.9 Å². The lowest BCUT2D eigenvalue weighted by Crippen LogP contribution is -2.61. The van der Waals surface area contributed by atoms with Gasteiger partial charge in [-0.1, -0.05) is 30.3 Å². The van der Waals surface area contributed by atoms with Crippen LogP contribution in [0.3, 0.4) is 0 Å². The number of hydrogen-bond donors (Lipinski definition) is 3. The lowest BCUT2D eigenvalue weighted by Gasteiger charge is -2.34. The van der Waals surface area contributed by atoms with Gasteiger partial charge >= 0.3 is 12.0 Å². The first-order chi connectivity index (χ1) is 15.8. The molecule has 0 aliphatic carbocycles. The summed E-state index contributed by atoms with van der Waals surface area (Å²) in [5, 5.41) is 10.0. The van der Waals surface area contributed by atoms with Crippen molar-refractivity contribution >= 4 is 19.4 Å². The maximum Gasteiger partial charge on any atom is 0.521 e. The molecule has 2 aromatic rings. The minimum atomic E-state index is -3.91. The van der Waals surface area contributed by atoms with Crippen LogP contribution in [0.25, 0.3) is 0 Å². The Hall–Kier alpha value is -2.28. The van der Waals surface area contributed by atoms with Gasteiger partial charge in [0, 0.05) is 37.8 Å². The van der Waals surface area contributed by atoms with Crippen molar-refractivity contribution in [3.05, 3.63) is 54.1 Å². The molecule has 4 atom stereocenters. The van der Waals surface area contributed by atoms with Crippen LogP contribution in [0.2, 0.25) is 0 Å². The molecule has 3 N–H and O–H groups in total. The highest BCUT2D eigenvalue weighted by molar-refractivity contribution is 7.59. The molecule has 2 amide bonds. The standard InChI is InChI=1S/C24H34N3O5P/c1-19-9-8-17-27(19,24(29)30)23(28)21(13-7-14-22-25-15-16-26-22)33(31,32)18-6-5-12-20-10-3-2-4-11-20/h2-4,10-11,15-16,19,21H,5-9,12-14,17-18H2,1H3,(H2-,25,26,29,30,31,32)/p+1/t19-,21?,27?/m1/s1. The van der Waals surface area contributed by atoms with E-state index in [1.807, 2.05) is 30.3 Å². The van der Waals surface area contributed by atoms with Crippen molar-refractivity contribution in [3.63, 3.8) is 0 Å². The zero-order valence-electron chi connectivity index (χ0n) is 19.2. The van der Waals surface area contributed by atoms with Crippen molar-refractivity contribution in [1.29, 1.82) is 0 Å². The molecule has 9 heteroatoms. The number of rotatable bonds is 11. The number of quaternary nitrogens is 1. The van der Waals surface area contributed by atoms with E-state index in [0.29, 0.717) is 32.1 Å². The maximum absolute atomic E-state index is 13.6. The second-order valence-corrected chi connectivity index (χ2v) is 11.7. The summed E-state index contributed by atoms with van der Waals surface area (Å²) in [6, 6.07) is 9.52. The van der Waals surface area contributed by atoms with Crippen LogP contribution in [-0.2, 0) is 22.2 Å². The van der Waals surface area contributed by atoms with E-state index in [0.717, 1.165) is 24.2 Å². The number of amides is 2. The quantitative estimate of drug-likeness (QED) is 0.248. The van der Waals surface area contributed by atoms with Crippen LogP contribution in [-0.4, -0.2) is 60.9 Å². The van der Waals surface area contributed by atoms with E-state index in [2.05, 4.69) is 9.97 Å². The number of aromatic amines is 1. The van der Waals surface area contributed by atoms with E-state index in [4.69, 9.17) is 0 Å². The molecular formula is C24H35N3O5P+. The summed E-state index contributed by atoms with van der Waals surface area (Å²) in [5.74, 6) is 0.134. The minimum Gasteiger partial charge on any atom is -0.435 e. The fourth-order valence-corrected chi connectivity index (χ4v) is 7.04. The molecule has 0 radical (unpaired) electrons. The molecule has 0 spiro atoms. The van der Waals surface area contributed by atoms with E-state index in [-0.39, 0.29) is 19.1 Å². The average Bonchev–Trinajstić information content (AvgIpc) is 3.44. The summed E-state index contributed by atoms with van der Waals surface area (Å²) >= 11 is 0. The van der Waals surface area contributed by atoms with Gasteiger partial charge in [-0.15, -0.1) is 0 Å². The number of hydrogen-bond acceptors (Lipinski definition) is 4. The molecule has 2 heterocycles. The summed E-state index contributed by atoms with van der Waals surface area (Å²) < 4.78 is 12.8. The molecule has 8 nitrogen and oxygen atoms in total. The number of nitrogens with zero attached hydrogens (tertiary/aromatic N) is 2. The SMILES string of the molecule is C[C@@H]1CCC[N+]1(C(=O)O)C(=O)C(CCCc1ncc[nH]1)P(=O)(O)CCCCc1ccccc1. The van der Waals surface area contributed by atoms with Crippen LogP contribution >= 0.6 is 7.37 Å². The Morgan fingerprint density at radius 1 is 1.21 bits per heavy atom. The van der Waals surface area contributed by atoms with Gasteiger partial charge in [0.25, 0.3) is 0 Å². The fraction of sp³-hybridized carbons (Fsp3) is 0.542. The highest BCUT2D eigenvalue weighted by atomic mass is 31.2. The van der Waals surface area contributed by atoms with Crippen LogP contribution in [0, 0.1) is 0 Å². The van der Waals surface area contributed by atoms with Crippen molar-refractivity contribution in [2.45, 2.75) is 70.0 Å². The van der Waals surface area contributed by atoms with Gasteiger partial charge in [-0.2, -0.15) is 9.28 Å². The summed E-state index contributed by atoms with van der Waals surface area (Å²) in [7, 11) is -3.91. The highest BCUT2D eigenvalue weighted by Crippen LogP contribution is 2.51. The van der Waals surface area contributed by atoms with E-state index in [9.17, 15) is 24.2 Å². The monoisotopic (exact) mass is 476 g/mol. The molecule has 180 valence electrons. The molecular weight excluding hydrogens is 441 g/mol. The summed E-state index contributed by atoms with van der Waals surface area (Å²) in [6.07, 6.45) is 6.60. The summed E-state index contributed by atoms with van der Waals surface area (Å²) in [6.45, 7) is 1.93. The Balaban J connectivity index is 1.72. The normalized spacial score (nSPS) is 23.2. The number of carbonyl (C=O) groups excluding carboxylic acids is 1. The minimum absolute atomic E-state index is 0.0188. The van der Waals surface area contributed by atoms with Crippen LogP contribution in [0.1, 0.15) is 56.8 Å². The number of H-pyrrole nitrogens is 1. The number of aryl methyl sites for hydroxylation is 2. The molecule has 1 aliphatic heterocycles. The zero-order valence-corrected chi connectivity index (χ0v) is 20.1. The predicted molar refractivity (Wildman–Crippen MR) is 126 cm³/mol. The largest absolute Gasteiger partial charge is 0.521 e. The average molecular weight is 477 g/mol. The number of aromatic nitrogens is 2. The van der Waals surface area contributed by atoms with E-state index in [1.165, 1.54) is 0 Å². The first-order valence-corrected chi connectivity index (χ1v) is 13.7. The first-order valence-electron chi connectivity index (χ1n) is 11.8. The molecule has 1 aromatic heterocycles. The first kappa shape index (κ1) is 25.3. The highest BCUT2D eigenvalue weighted by Gasteiger charge is 2.58. The molecule has 1 fully saturated rings. The molecule has 1 saturated heterocycles. The number of carbonyl (C=O) groups is 2. The lowest BCUT2D eigenvalue weighted by molar-refractivity contribution is -0.792. The Morgan fingerprint density at radius 3 is 2.58 bits per heavy atom. The zero-order chi connectivity index (χ0) is 23.9. The molecule has 3 rings (SSSR count). The third-order valence-electron chi connectivity index (χ3n) is 6.87. The third-order valence-corrected chi connectivity index (χ3v) is 9.28. The number of unbranched alkanes of at least 4 members (excludes halogenated alkanes) is 1. The second-order valence-electron chi connectivity index (χ2n) is 9.07. The number of imide groups is 1. The molecule has 1 aromatic carbocycles. The molecule has 33 heavy (non-hydrogen) atoms. The van der Waals surface area contributed by atoms with E-state index < -0.39 is 35.6 Å². The number of likely N-dealkylation sites (tertiary alicyclic amines) is 1. The lowest BCUT2D eigenvalue weighted by atomic mass is 10.1. The molecule has 0 saturated carbocycles. The van der Waals surface area contributed by atoms with Crippen molar-refractivity contribution in [2.75, 3.05) is 12.7 Å². The van der Waals surface area contributed by atoms with Gasteiger partial charge in [0.2, 0.25) is 7.37 Å². The van der Waals surface area contributed by atoms with Crippen LogP contribution in [0.5, 0.6) is 0 Å². The van der Waals surface area contributed by atoms with Crippen LogP contribution < -0.4 is 0 Å². The van der Waals surface area contributed by atoms with Crippen molar-refractivity contribution < 1.29 is 28.6 Å². The Kier molecular flexibility index (Phi) is 8.63. The third kappa shape index (κ3) is 5.99. The number of imidazole rings is 1. The van der Waals surface area contributed by atoms with Gasteiger partial charge in [0.05, 0.1) is 6.54 Å². The van der Waals surface area contributed by atoms with Gasteiger partial charge in [0.15, 0.2) is 5.66 Å². The summed E-state index contributed by atoms with van der Waals surface area (Å²) in [4.78, 5) is 44.1. The summed E-state index contributed by atoms with van der Waals surface area (Å²) in [5.41, 5.74) is -0.0153. The molecule has 1 aliphatic rings. The Labute approximate surface area is 195 Å². The van der Waals surface area contributed by atoms with E-state index in [1.54, 1.807) is 19.3 Å². The topological polar surface area (TPSA) is 120 Å². The molecule has 3 unspecified atom stereocenters. The van der Waals surface area contributed by atoms with Crippen LogP contribution in [0.4, 0.5) is 4.79 Å². The number of nitrogens with one attached hydrogen (secondary N) is 1. The number of benzene rings is 1. The maximum atomic E-state index is 13.6.